The predicted molar refractivity (Wildman–Crippen MR) is 293 cm³/mol. The molecule has 0 N–H and O–H groups in total. The van der Waals surface area contributed by atoms with Crippen molar-refractivity contribution in [2.45, 2.75) is 290 Å². The van der Waals surface area contributed by atoms with E-state index in [1.165, 1.54) is 161 Å². The van der Waals surface area contributed by atoms with Gasteiger partial charge in [0.2, 0.25) is 0 Å². The van der Waals surface area contributed by atoms with Gasteiger partial charge in [0.05, 0.1) is 6.42 Å². The van der Waals surface area contributed by atoms with Gasteiger partial charge in [-0.15, -0.1) is 0 Å². The zero-order valence-corrected chi connectivity index (χ0v) is 44.9. The summed E-state index contributed by atoms with van der Waals surface area (Å²) in [5, 5.41) is 0. The van der Waals surface area contributed by atoms with Gasteiger partial charge in [0.25, 0.3) is 0 Å². The number of carbonyl (C=O) groups is 3. The smallest absolute Gasteiger partial charge is 0.310 e. The maximum Gasteiger partial charge on any atom is 0.310 e. The van der Waals surface area contributed by atoms with Crippen LogP contribution >= 0.6 is 0 Å². The lowest BCUT2D eigenvalue weighted by Gasteiger charge is -2.18. The third kappa shape index (κ3) is 53.8. The first kappa shape index (κ1) is 64.8. The molecule has 0 amide bonds. The second kappa shape index (κ2) is 56.4. The number of hydrogen-bond donors (Lipinski definition) is 0. The molecule has 6 heteroatoms. The average molecular weight is 950 g/mol. The molecule has 0 radical (unpaired) electrons. The van der Waals surface area contributed by atoms with E-state index in [9.17, 15) is 14.4 Å². The van der Waals surface area contributed by atoms with Gasteiger partial charge >= 0.3 is 17.9 Å². The summed E-state index contributed by atoms with van der Waals surface area (Å²) in [6.45, 7) is 6.46. The van der Waals surface area contributed by atoms with Gasteiger partial charge in [-0.25, -0.2) is 0 Å². The van der Waals surface area contributed by atoms with E-state index < -0.39 is 12.1 Å². The lowest BCUT2D eigenvalue weighted by Crippen LogP contribution is -2.30. The molecular weight excluding hydrogens is 841 g/mol. The molecule has 0 aromatic rings. The first-order valence-corrected chi connectivity index (χ1v) is 28.9. The monoisotopic (exact) mass is 949 g/mol. The number of esters is 3. The molecule has 392 valence electrons. The number of carbonyl (C=O) groups excluding carboxylic acids is 3. The van der Waals surface area contributed by atoms with Gasteiger partial charge in [-0.05, 0) is 70.6 Å². The zero-order valence-electron chi connectivity index (χ0n) is 44.9. The van der Waals surface area contributed by atoms with E-state index in [2.05, 4.69) is 81.5 Å². The first-order valence-electron chi connectivity index (χ1n) is 28.9. The van der Waals surface area contributed by atoms with Crippen molar-refractivity contribution in [3.8, 4) is 0 Å². The quantitative estimate of drug-likeness (QED) is 0.0262. The van der Waals surface area contributed by atoms with Crippen molar-refractivity contribution in [3.05, 3.63) is 72.9 Å². The fourth-order valence-corrected chi connectivity index (χ4v) is 8.16. The Balaban J connectivity index is 4.43. The van der Waals surface area contributed by atoms with Crippen LogP contribution in [0, 0.1) is 0 Å². The minimum absolute atomic E-state index is 0.0975. The van der Waals surface area contributed by atoms with Crippen molar-refractivity contribution < 1.29 is 28.6 Å². The number of ether oxygens (including phenoxy) is 3. The van der Waals surface area contributed by atoms with E-state index in [1.54, 1.807) is 6.08 Å². The molecule has 0 spiro atoms. The van der Waals surface area contributed by atoms with Crippen molar-refractivity contribution in [1.82, 2.24) is 0 Å². The van der Waals surface area contributed by atoms with E-state index in [0.29, 0.717) is 12.8 Å². The van der Waals surface area contributed by atoms with Crippen LogP contribution in [0.4, 0.5) is 0 Å². The number of hydrogen-bond acceptors (Lipinski definition) is 6. The van der Waals surface area contributed by atoms with Crippen molar-refractivity contribution >= 4 is 17.9 Å². The molecule has 0 bridgehead atoms. The van der Waals surface area contributed by atoms with Crippen molar-refractivity contribution in [2.24, 2.45) is 0 Å². The minimum atomic E-state index is -0.831. The summed E-state index contributed by atoms with van der Waals surface area (Å²) in [4.78, 5) is 38.1. The second-order valence-electron chi connectivity index (χ2n) is 19.2. The first-order chi connectivity index (χ1) is 33.5. The highest BCUT2D eigenvalue weighted by molar-refractivity contribution is 5.72. The van der Waals surface area contributed by atoms with Gasteiger partial charge in [-0.1, -0.05) is 267 Å². The molecule has 68 heavy (non-hydrogen) atoms. The highest BCUT2D eigenvalue weighted by Gasteiger charge is 2.19. The summed E-state index contributed by atoms with van der Waals surface area (Å²) in [5.74, 6) is -1.04. The number of rotatable bonds is 52. The van der Waals surface area contributed by atoms with E-state index in [1.807, 2.05) is 6.08 Å². The number of allylic oxidation sites excluding steroid dienone is 11. The Morgan fingerprint density at radius 2 is 0.618 bits per heavy atom. The van der Waals surface area contributed by atoms with E-state index in [-0.39, 0.29) is 31.6 Å². The summed E-state index contributed by atoms with van der Waals surface area (Å²) >= 11 is 0. The van der Waals surface area contributed by atoms with E-state index >= 15 is 0 Å². The van der Waals surface area contributed by atoms with Crippen LogP contribution in [-0.4, -0.2) is 37.2 Å². The third-order valence-electron chi connectivity index (χ3n) is 12.5. The molecule has 0 saturated carbocycles. The average Bonchev–Trinajstić information content (AvgIpc) is 3.34. The SMILES string of the molecule is CC/C=C\C/C=C\C/C=C\C/C=C\C/C=C\CC(=O)OC(COC(=O)CCCCCCC/C=C\CCCCCCCC)COC(=O)CCCCCCCCCCCCCCCCCCCCCC. The van der Waals surface area contributed by atoms with E-state index in [4.69, 9.17) is 14.2 Å². The van der Waals surface area contributed by atoms with Crippen molar-refractivity contribution in [1.29, 1.82) is 0 Å². The Morgan fingerprint density at radius 3 is 0.956 bits per heavy atom. The van der Waals surface area contributed by atoms with Crippen LogP contribution in [0.1, 0.15) is 284 Å². The Hall–Kier alpha value is -3.15. The second-order valence-corrected chi connectivity index (χ2v) is 19.2. The fourth-order valence-electron chi connectivity index (χ4n) is 8.16. The van der Waals surface area contributed by atoms with Gasteiger partial charge in [0.15, 0.2) is 6.10 Å². The minimum Gasteiger partial charge on any atom is -0.462 e. The molecule has 1 unspecified atom stereocenters. The number of unbranched alkanes of at least 4 members (excludes halogenated alkanes) is 30. The Bertz CT molecular complexity index is 1270. The summed E-state index contributed by atoms with van der Waals surface area (Å²) in [6.07, 6.45) is 72.1. The van der Waals surface area contributed by atoms with E-state index in [0.717, 1.165) is 83.5 Å². The summed E-state index contributed by atoms with van der Waals surface area (Å²) in [5.41, 5.74) is 0. The van der Waals surface area contributed by atoms with Crippen molar-refractivity contribution in [2.75, 3.05) is 13.2 Å². The molecule has 0 rings (SSSR count). The van der Waals surface area contributed by atoms with Crippen LogP contribution in [0.15, 0.2) is 72.9 Å². The van der Waals surface area contributed by atoms with Gasteiger partial charge in [0, 0.05) is 12.8 Å². The molecule has 0 saturated heterocycles. The Labute approximate surface area is 421 Å². The van der Waals surface area contributed by atoms with Crippen molar-refractivity contribution in [3.63, 3.8) is 0 Å². The maximum atomic E-state index is 12.8. The highest BCUT2D eigenvalue weighted by Crippen LogP contribution is 2.16. The molecule has 0 aromatic carbocycles. The topological polar surface area (TPSA) is 78.9 Å². The summed E-state index contributed by atoms with van der Waals surface area (Å²) in [7, 11) is 0. The van der Waals surface area contributed by atoms with Gasteiger partial charge in [-0.3, -0.25) is 14.4 Å². The normalized spacial score (nSPS) is 12.6. The lowest BCUT2D eigenvalue weighted by molar-refractivity contribution is -0.166. The van der Waals surface area contributed by atoms with Crippen LogP contribution < -0.4 is 0 Å². The fraction of sp³-hybridized carbons (Fsp3) is 0.758. The van der Waals surface area contributed by atoms with Crippen LogP contribution in [-0.2, 0) is 28.6 Å². The molecule has 0 aliphatic carbocycles. The van der Waals surface area contributed by atoms with Crippen LogP contribution in [0.3, 0.4) is 0 Å². The molecular formula is C62H108O6. The van der Waals surface area contributed by atoms with Crippen LogP contribution in [0.25, 0.3) is 0 Å². The Kier molecular flexibility index (Phi) is 53.8. The summed E-state index contributed by atoms with van der Waals surface area (Å²) < 4.78 is 16.7. The molecule has 0 fully saturated rings. The molecule has 0 aromatic heterocycles. The largest absolute Gasteiger partial charge is 0.462 e. The standard InChI is InChI=1S/C62H108O6/c1-4-7-10-13-16-19-22-25-28-29-30-31-32-35-37-40-43-46-49-52-55-61(64)67-58-59(68-62(65)56-53-50-47-44-41-38-34-27-24-21-18-15-12-9-6-3)57-66-60(63)54-51-48-45-42-39-36-33-26-23-20-17-14-11-8-5-2/h9,12,18,21,26-27,33-34,41,44,50,53,59H,4-8,10-11,13-17,19-20,22-25,28-32,35-40,42-43,45-49,51-52,54-58H2,1-3H3/b12-9-,21-18-,33-26-,34-27-,44-41-,53-50-. The third-order valence-corrected chi connectivity index (χ3v) is 12.5. The molecule has 0 aliphatic rings. The van der Waals surface area contributed by atoms with Gasteiger partial charge in [0.1, 0.15) is 13.2 Å². The molecule has 6 nitrogen and oxygen atoms in total. The predicted octanol–water partition coefficient (Wildman–Crippen LogP) is 19.4. The maximum absolute atomic E-state index is 12.8. The summed E-state index contributed by atoms with van der Waals surface area (Å²) in [6, 6.07) is 0. The zero-order chi connectivity index (χ0) is 49.3. The molecule has 0 aliphatic heterocycles. The lowest BCUT2D eigenvalue weighted by atomic mass is 10.0. The highest BCUT2D eigenvalue weighted by atomic mass is 16.6. The van der Waals surface area contributed by atoms with Gasteiger partial charge in [-0.2, -0.15) is 0 Å². The molecule has 1 atom stereocenters. The van der Waals surface area contributed by atoms with Crippen LogP contribution in [0.5, 0.6) is 0 Å². The van der Waals surface area contributed by atoms with Crippen LogP contribution in [0.2, 0.25) is 0 Å². The molecule has 0 heterocycles. The Morgan fingerprint density at radius 1 is 0.324 bits per heavy atom. The van der Waals surface area contributed by atoms with Gasteiger partial charge < -0.3 is 14.2 Å².